The summed E-state index contributed by atoms with van der Waals surface area (Å²) in [4.78, 5) is 37.6. The summed E-state index contributed by atoms with van der Waals surface area (Å²) in [7, 11) is 3.02. The molecule has 8 heteroatoms. The zero-order chi connectivity index (χ0) is 15.8. The van der Waals surface area contributed by atoms with Crippen molar-refractivity contribution in [2.24, 2.45) is 0 Å². The van der Waals surface area contributed by atoms with E-state index in [1.54, 1.807) is 0 Å². The Hall–Kier alpha value is -1.83. The smallest absolute Gasteiger partial charge is 0.326 e. The van der Waals surface area contributed by atoms with E-state index in [2.05, 4.69) is 5.32 Å². The number of urea groups is 1. The number of carbonyl (C=O) groups is 3. The molecule has 21 heavy (non-hydrogen) atoms. The van der Waals surface area contributed by atoms with Crippen molar-refractivity contribution in [2.45, 2.75) is 25.3 Å². The molecule has 1 aliphatic heterocycles. The van der Waals surface area contributed by atoms with Crippen LogP contribution in [-0.4, -0.2) is 79.3 Å². The van der Waals surface area contributed by atoms with Crippen LogP contribution in [0.4, 0.5) is 4.79 Å². The number of hydrogen-bond donors (Lipinski definition) is 2. The number of piperidine rings is 1. The van der Waals surface area contributed by atoms with Gasteiger partial charge in [-0.25, -0.2) is 9.59 Å². The molecular weight excluding hydrogens is 278 g/mol. The van der Waals surface area contributed by atoms with Gasteiger partial charge in [0.1, 0.15) is 12.6 Å². The first kappa shape index (κ1) is 17.2. The summed E-state index contributed by atoms with van der Waals surface area (Å²) in [5.74, 6) is -1.30. The van der Waals surface area contributed by atoms with E-state index in [1.165, 1.54) is 24.0 Å². The van der Waals surface area contributed by atoms with Crippen molar-refractivity contribution < 1.29 is 24.2 Å². The zero-order valence-corrected chi connectivity index (χ0v) is 12.5. The van der Waals surface area contributed by atoms with E-state index in [-0.39, 0.29) is 12.5 Å². The predicted octanol–water partition coefficient (Wildman–Crippen LogP) is -0.260. The second-order valence-electron chi connectivity index (χ2n) is 5.02. The van der Waals surface area contributed by atoms with Gasteiger partial charge in [0, 0.05) is 27.2 Å². The number of carboxylic acid groups (broad SMARTS) is 1. The molecule has 1 atom stereocenters. The van der Waals surface area contributed by atoms with E-state index >= 15 is 0 Å². The molecule has 0 aliphatic carbocycles. The highest BCUT2D eigenvalue weighted by atomic mass is 16.5. The molecule has 120 valence electrons. The van der Waals surface area contributed by atoms with Crippen LogP contribution in [0.1, 0.15) is 19.3 Å². The number of likely N-dealkylation sites (tertiary alicyclic amines) is 1. The molecule has 8 nitrogen and oxygen atoms in total. The second kappa shape index (κ2) is 8.46. The van der Waals surface area contributed by atoms with Crippen LogP contribution in [-0.2, 0) is 14.3 Å². The molecule has 0 saturated carbocycles. The summed E-state index contributed by atoms with van der Waals surface area (Å²) in [6, 6.07) is -1.23. The molecule has 0 aromatic heterocycles. The number of nitrogens with zero attached hydrogens (tertiary/aromatic N) is 2. The van der Waals surface area contributed by atoms with Crippen molar-refractivity contribution in [2.75, 3.05) is 40.4 Å². The Morgan fingerprint density at radius 3 is 2.71 bits per heavy atom. The number of ether oxygens (including phenoxy) is 1. The van der Waals surface area contributed by atoms with E-state index < -0.39 is 18.0 Å². The number of carboxylic acids is 1. The fraction of sp³-hybridized carbons (Fsp3) is 0.769. The lowest BCUT2D eigenvalue weighted by molar-refractivity contribution is -0.143. The van der Waals surface area contributed by atoms with Crippen LogP contribution >= 0.6 is 0 Å². The van der Waals surface area contributed by atoms with Crippen LogP contribution in [0.2, 0.25) is 0 Å². The summed E-state index contributed by atoms with van der Waals surface area (Å²) in [5.41, 5.74) is 0. The summed E-state index contributed by atoms with van der Waals surface area (Å²) < 4.78 is 4.81. The Balaban J connectivity index is 2.52. The van der Waals surface area contributed by atoms with E-state index in [1.807, 2.05) is 0 Å². The lowest BCUT2D eigenvalue weighted by atomic mass is 10.0. The summed E-state index contributed by atoms with van der Waals surface area (Å²) >= 11 is 0. The number of hydrogen-bond acceptors (Lipinski definition) is 4. The van der Waals surface area contributed by atoms with Crippen LogP contribution < -0.4 is 5.32 Å². The zero-order valence-electron chi connectivity index (χ0n) is 12.5. The van der Waals surface area contributed by atoms with Gasteiger partial charge in [-0.15, -0.1) is 0 Å². The van der Waals surface area contributed by atoms with Gasteiger partial charge in [0.05, 0.1) is 6.61 Å². The molecule has 1 saturated heterocycles. The number of methoxy groups -OCH3 is 1. The van der Waals surface area contributed by atoms with Crippen molar-refractivity contribution >= 4 is 17.9 Å². The Morgan fingerprint density at radius 1 is 1.38 bits per heavy atom. The number of nitrogens with one attached hydrogen (secondary N) is 1. The predicted molar refractivity (Wildman–Crippen MR) is 74.9 cm³/mol. The third kappa shape index (κ3) is 5.22. The SMILES string of the molecule is COCCNC(=O)CN(C)C(=O)N1CCCCC1C(=O)O. The first-order valence-corrected chi connectivity index (χ1v) is 6.97. The molecule has 0 bridgehead atoms. The molecule has 0 spiro atoms. The maximum Gasteiger partial charge on any atom is 0.326 e. The normalized spacial score (nSPS) is 18.2. The van der Waals surface area contributed by atoms with Crippen LogP contribution in [0.15, 0.2) is 0 Å². The number of aliphatic carboxylic acids is 1. The first-order chi connectivity index (χ1) is 9.97. The molecule has 0 aromatic rings. The highest BCUT2D eigenvalue weighted by Crippen LogP contribution is 2.18. The van der Waals surface area contributed by atoms with E-state index in [0.717, 1.165) is 12.8 Å². The van der Waals surface area contributed by atoms with Gasteiger partial charge in [0.25, 0.3) is 0 Å². The monoisotopic (exact) mass is 301 g/mol. The summed E-state index contributed by atoms with van der Waals surface area (Å²) in [5, 5.41) is 11.8. The Morgan fingerprint density at radius 2 is 2.10 bits per heavy atom. The van der Waals surface area contributed by atoms with Gasteiger partial charge in [0.15, 0.2) is 0 Å². The average molecular weight is 301 g/mol. The van der Waals surface area contributed by atoms with Gasteiger partial charge in [-0.05, 0) is 19.3 Å². The minimum atomic E-state index is -0.999. The van der Waals surface area contributed by atoms with Gasteiger partial charge >= 0.3 is 12.0 Å². The van der Waals surface area contributed by atoms with E-state index in [0.29, 0.717) is 26.1 Å². The molecule has 1 rings (SSSR count). The van der Waals surface area contributed by atoms with Gasteiger partial charge in [-0.2, -0.15) is 0 Å². The third-order valence-electron chi connectivity index (χ3n) is 3.37. The lowest BCUT2D eigenvalue weighted by Gasteiger charge is -2.35. The minimum absolute atomic E-state index is 0.106. The molecule has 1 heterocycles. The van der Waals surface area contributed by atoms with Crippen LogP contribution in [0.3, 0.4) is 0 Å². The van der Waals surface area contributed by atoms with Crippen LogP contribution in [0, 0.1) is 0 Å². The molecule has 1 aliphatic rings. The standard InChI is InChI=1S/C13H23N3O5/c1-15(9-11(17)14-6-8-21-2)13(20)16-7-4-3-5-10(16)12(18)19/h10H,3-9H2,1-2H3,(H,14,17)(H,18,19). The quantitative estimate of drug-likeness (QED) is 0.659. The largest absolute Gasteiger partial charge is 0.480 e. The third-order valence-corrected chi connectivity index (χ3v) is 3.37. The van der Waals surface area contributed by atoms with Gasteiger partial charge in [-0.3, -0.25) is 4.79 Å². The fourth-order valence-electron chi connectivity index (χ4n) is 2.27. The highest BCUT2D eigenvalue weighted by molar-refractivity contribution is 5.86. The second-order valence-corrected chi connectivity index (χ2v) is 5.02. The average Bonchev–Trinajstić information content (AvgIpc) is 2.46. The molecule has 1 fully saturated rings. The van der Waals surface area contributed by atoms with Crippen molar-refractivity contribution in [3.05, 3.63) is 0 Å². The maximum atomic E-state index is 12.3. The van der Waals surface area contributed by atoms with Crippen molar-refractivity contribution in [1.29, 1.82) is 0 Å². The molecule has 0 aromatic carbocycles. The Kier molecular flexibility index (Phi) is 6.93. The number of amides is 3. The van der Waals surface area contributed by atoms with Crippen molar-refractivity contribution in [1.82, 2.24) is 15.1 Å². The highest BCUT2D eigenvalue weighted by Gasteiger charge is 2.33. The van der Waals surface area contributed by atoms with E-state index in [4.69, 9.17) is 9.84 Å². The lowest BCUT2D eigenvalue weighted by Crippen LogP contribution is -2.53. The topological polar surface area (TPSA) is 99.2 Å². The number of likely N-dealkylation sites (N-methyl/N-ethyl adjacent to an activating group) is 1. The summed E-state index contributed by atoms with van der Waals surface area (Å²) in [6.07, 6.45) is 2.03. The Labute approximate surface area is 124 Å². The summed E-state index contributed by atoms with van der Waals surface area (Å²) in [6.45, 7) is 1.08. The molecule has 2 N–H and O–H groups in total. The molecule has 0 radical (unpaired) electrons. The Bertz CT molecular complexity index is 388. The maximum absolute atomic E-state index is 12.3. The molecular formula is C13H23N3O5. The van der Waals surface area contributed by atoms with Gasteiger partial charge in [-0.1, -0.05) is 0 Å². The number of rotatable bonds is 6. The van der Waals surface area contributed by atoms with E-state index in [9.17, 15) is 14.4 Å². The van der Waals surface area contributed by atoms with Crippen LogP contribution in [0.5, 0.6) is 0 Å². The van der Waals surface area contributed by atoms with Crippen molar-refractivity contribution in [3.63, 3.8) is 0 Å². The van der Waals surface area contributed by atoms with Crippen molar-refractivity contribution in [3.8, 4) is 0 Å². The molecule has 3 amide bonds. The van der Waals surface area contributed by atoms with Crippen LogP contribution in [0.25, 0.3) is 0 Å². The molecule has 1 unspecified atom stereocenters. The van der Waals surface area contributed by atoms with Gasteiger partial charge < -0.3 is 25.0 Å². The first-order valence-electron chi connectivity index (χ1n) is 6.97. The minimum Gasteiger partial charge on any atom is -0.480 e. The van der Waals surface area contributed by atoms with Gasteiger partial charge in [0.2, 0.25) is 5.91 Å². The number of carbonyl (C=O) groups excluding carboxylic acids is 2. The fourth-order valence-corrected chi connectivity index (χ4v) is 2.27.